The Morgan fingerprint density at radius 1 is 1.08 bits per heavy atom. The van der Waals surface area contributed by atoms with Crippen molar-refractivity contribution < 1.29 is 9.72 Å². The van der Waals surface area contributed by atoms with E-state index in [0.29, 0.717) is 37.8 Å². The smallest absolute Gasteiger partial charge is 0.279 e. The van der Waals surface area contributed by atoms with Gasteiger partial charge in [-0.15, -0.1) is 5.10 Å². The molecule has 0 saturated heterocycles. The molecule has 0 aliphatic carbocycles. The molecule has 182 valence electrons. The number of aryl methyl sites for hydroxylation is 1. The van der Waals surface area contributed by atoms with Crippen LogP contribution in [0.25, 0.3) is 16.5 Å². The van der Waals surface area contributed by atoms with E-state index in [0.717, 1.165) is 11.8 Å². The summed E-state index contributed by atoms with van der Waals surface area (Å²) in [6, 6.07) is 20.5. The van der Waals surface area contributed by atoms with Crippen LogP contribution < -0.4 is 21.7 Å². The third-order valence-electron chi connectivity index (χ3n) is 5.10. The highest BCUT2D eigenvalue weighted by Gasteiger charge is 2.14. The summed E-state index contributed by atoms with van der Waals surface area (Å²) in [4.78, 5) is 35.9. The summed E-state index contributed by atoms with van der Waals surface area (Å²) in [5, 5.41) is 19.3. The Morgan fingerprint density at radius 3 is 2.47 bits per heavy atom. The predicted octanol–water partition coefficient (Wildman–Crippen LogP) is 4.18. The van der Waals surface area contributed by atoms with Gasteiger partial charge in [-0.3, -0.25) is 30.6 Å². The lowest BCUT2D eigenvalue weighted by Crippen LogP contribution is -2.33. The van der Waals surface area contributed by atoms with E-state index in [-0.39, 0.29) is 22.9 Å². The van der Waals surface area contributed by atoms with Gasteiger partial charge in [-0.05, 0) is 37.3 Å². The van der Waals surface area contributed by atoms with Crippen LogP contribution in [0.4, 0.5) is 17.2 Å². The van der Waals surface area contributed by atoms with E-state index in [4.69, 9.17) is 12.2 Å². The number of hydrogen-bond donors (Lipinski definition) is 3. The number of carbonyl (C=O) groups is 1. The maximum Gasteiger partial charge on any atom is 0.279 e. The van der Waals surface area contributed by atoms with Crippen LogP contribution in [-0.4, -0.2) is 30.7 Å². The lowest BCUT2D eigenvalue weighted by atomic mass is 10.2. The van der Waals surface area contributed by atoms with Gasteiger partial charge in [0.25, 0.3) is 11.2 Å². The molecule has 0 aliphatic rings. The Balaban J connectivity index is 1.41. The summed E-state index contributed by atoms with van der Waals surface area (Å²) < 4.78 is 1.61. The molecule has 1 aromatic heterocycles. The van der Waals surface area contributed by atoms with Crippen LogP contribution in [0.3, 0.4) is 0 Å². The molecule has 36 heavy (non-hydrogen) atoms. The second-order valence-corrected chi connectivity index (χ2v) is 9.23. The van der Waals surface area contributed by atoms with E-state index in [9.17, 15) is 19.7 Å². The molecule has 0 fully saturated rings. The van der Waals surface area contributed by atoms with E-state index < -0.39 is 4.92 Å². The van der Waals surface area contributed by atoms with Gasteiger partial charge in [0.2, 0.25) is 5.91 Å². The molecule has 4 aromatic rings. The summed E-state index contributed by atoms with van der Waals surface area (Å²) in [5.74, 6) is -0.0528. The minimum absolute atomic E-state index is 0.00105. The van der Waals surface area contributed by atoms with Crippen molar-refractivity contribution in [3.05, 3.63) is 98.8 Å². The number of aromatic nitrogens is 2. The molecule has 3 aromatic carbocycles. The number of fused-ring (bicyclic) bond motifs is 1. The van der Waals surface area contributed by atoms with Crippen molar-refractivity contribution in [2.24, 2.45) is 0 Å². The minimum atomic E-state index is -0.451. The summed E-state index contributed by atoms with van der Waals surface area (Å²) in [6.07, 6.45) is 0. The molecule has 0 radical (unpaired) electrons. The number of rotatable bonds is 7. The number of benzene rings is 3. The monoisotopic (exact) mass is 520 g/mol. The first-order valence-corrected chi connectivity index (χ1v) is 12.0. The normalized spacial score (nSPS) is 10.6. The molecule has 0 spiro atoms. The molecular formula is C24H20N6O4S2. The number of hydrazine groups is 1. The fourth-order valence-electron chi connectivity index (χ4n) is 3.41. The predicted molar refractivity (Wildman–Crippen MR) is 146 cm³/mol. The second-order valence-electron chi connectivity index (χ2n) is 7.58. The Bertz CT molecular complexity index is 1520. The third kappa shape index (κ3) is 5.67. The zero-order valence-electron chi connectivity index (χ0n) is 18.9. The van der Waals surface area contributed by atoms with Gasteiger partial charge in [0, 0.05) is 22.7 Å². The van der Waals surface area contributed by atoms with Gasteiger partial charge in [-0.1, -0.05) is 60.4 Å². The highest BCUT2D eigenvalue weighted by Crippen LogP contribution is 2.23. The first-order chi connectivity index (χ1) is 17.3. The van der Waals surface area contributed by atoms with Crippen molar-refractivity contribution in [1.82, 2.24) is 15.2 Å². The average molecular weight is 521 g/mol. The van der Waals surface area contributed by atoms with E-state index >= 15 is 0 Å². The maximum atomic E-state index is 12.9. The summed E-state index contributed by atoms with van der Waals surface area (Å²) in [5.41, 5.74) is 6.82. The number of nitrogens with zero attached hydrogens (tertiary/aromatic N) is 3. The fourth-order valence-corrected chi connectivity index (χ4v) is 4.23. The van der Waals surface area contributed by atoms with Gasteiger partial charge in [-0.25, -0.2) is 0 Å². The number of thioether (sulfide) groups is 1. The van der Waals surface area contributed by atoms with Crippen molar-refractivity contribution in [2.45, 2.75) is 6.92 Å². The Labute approximate surface area is 214 Å². The van der Waals surface area contributed by atoms with Gasteiger partial charge in [-0.2, -0.15) is 4.68 Å². The van der Waals surface area contributed by atoms with E-state index in [1.165, 1.54) is 10.7 Å². The van der Waals surface area contributed by atoms with Gasteiger partial charge in [0.05, 0.1) is 21.7 Å². The van der Waals surface area contributed by atoms with Crippen LogP contribution in [0.1, 0.15) is 5.56 Å². The Hall–Kier alpha value is -4.29. The number of amides is 1. The number of nitrogens with one attached hydrogen (secondary N) is 3. The van der Waals surface area contributed by atoms with E-state index in [2.05, 4.69) is 21.3 Å². The number of carbonyl (C=O) groups excluding carboxylic acids is 1. The molecule has 1 amide bonds. The summed E-state index contributed by atoms with van der Waals surface area (Å²) in [6.45, 7) is 1.64. The topological polar surface area (TPSA) is 131 Å². The van der Waals surface area contributed by atoms with Crippen LogP contribution in [0.5, 0.6) is 0 Å². The molecule has 0 saturated carbocycles. The van der Waals surface area contributed by atoms with E-state index in [1.54, 1.807) is 67.6 Å². The maximum absolute atomic E-state index is 12.9. The largest absolute Gasteiger partial charge is 0.341 e. The van der Waals surface area contributed by atoms with Crippen molar-refractivity contribution in [1.29, 1.82) is 0 Å². The number of hydrogen-bond acceptors (Lipinski definition) is 8. The first-order valence-electron chi connectivity index (χ1n) is 10.6. The van der Waals surface area contributed by atoms with Crippen molar-refractivity contribution >= 4 is 62.2 Å². The lowest BCUT2D eigenvalue weighted by molar-refractivity contribution is -0.385. The standard InChI is InChI=1S/C24H20N6O4S2/c1-15-13-16(11-12-20(15)30(33)34)25-24(35)36-14-21(31)26-27-22-18-9-5-6-10-19(18)23(32)29(28-22)17-7-3-2-4-8-17/h2-13H,14H2,1H3,(H,25,35)(H,26,31)(H,27,28). The molecule has 10 nitrogen and oxygen atoms in total. The van der Waals surface area contributed by atoms with Gasteiger partial charge in [0.1, 0.15) is 4.32 Å². The average Bonchev–Trinajstić information content (AvgIpc) is 2.87. The number of para-hydroxylation sites is 1. The fraction of sp³-hybridized carbons (Fsp3) is 0.0833. The molecule has 0 unspecified atom stereocenters. The van der Waals surface area contributed by atoms with Gasteiger partial charge in [0.15, 0.2) is 5.82 Å². The van der Waals surface area contributed by atoms with Crippen LogP contribution in [0.2, 0.25) is 0 Å². The van der Waals surface area contributed by atoms with Crippen LogP contribution in [-0.2, 0) is 4.79 Å². The van der Waals surface area contributed by atoms with Crippen LogP contribution >= 0.6 is 24.0 Å². The molecular weight excluding hydrogens is 500 g/mol. The highest BCUT2D eigenvalue weighted by molar-refractivity contribution is 8.23. The first kappa shape index (κ1) is 24.8. The van der Waals surface area contributed by atoms with E-state index in [1.807, 2.05) is 6.07 Å². The second kappa shape index (κ2) is 11.0. The Kier molecular flexibility index (Phi) is 7.56. The molecule has 0 aliphatic heterocycles. The molecule has 12 heteroatoms. The van der Waals surface area contributed by atoms with Crippen molar-refractivity contribution in [3.63, 3.8) is 0 Å². The lowest BCUT2D eigenvalue weighted by Gasteiger charge is -2.13. The zero-order valence-corrected chi connectivity index (χ0v) is 20.6. The zero-order chi connectivity index (χ0) is 25.7. The third-order valence-corrected chi connectivity index (χ3v) is 6.33. The SMILES string of the molecule is Cc1cc(NC(=S)SCC(=O)NNc2nn(-c3ccccc3)c(=O)c3ccccc23)ccc1[N+](=O)[O-]. The molecule has 0 atom stereocenters. The minimum Gasteiger partial charge on any atom is -0.341 e. The molecule has 0 bridgehead atoms. The Morgan fingerprint density at radius 2 is 1.78 bits per heavy atom. The summed E-state index contributed by atoms with van der Waals surface area (Å²) >= 11 is 6.37. The molecule has 3 N–H and O–H groups in total. The number of nitro benzene ring substituents is 1. The van der Waals surface area contributed by atoms with Crippen molar-refractivity contribution in [3.8, 4) is 5.69 Å². The number of thiocarbonyl (C=S) groups is 1. The quantitative estimate of drug-likeness (QED) is 0.187. The van der Waals surface area contributed by atoms with Gasteiger partial charge >= 0.3 is 0 Å². The van der Waals surface area contributed by atoms with Crippen LogP contribution in [0.15, 0.2) is 77.6 Å². The van der Waals surface area contributed by atoms with Crippen LogP contribution in [0, 0.1) is 17.0 Å². The number of nitro groups is 1. The number of anilines is 2. The van der Waals surface area contributed by atoms with Gasteiger partial charge < -0.3 is 5.32 Å². The molecule has 1 heterocycles. The highest BCUT2D eigenvalue weighted by atomic mass is 32.2. The summed E-state index contributed by atoms with van der Waals surface area (Å²) in [7, 11) is 0. The molecule has 4 rings (SSSR count). The van der Waals surface area contributed by atoms with Crippen molar-refractivity contribution in [2.75, 3.05) is 16.5 Å².